The zero-order chi connectivity index (χ0) is 14.6. The summed E-state index contributed by atoms with van der Waals surface area (Å²) in [6.45, 7) is 7.49. The Morgan fingerprint density at radius 1 is 1.32 bits per heavy atom. The van der Waals surface area contributed by atoms with Crippen molar-refractivity contribution in [2.24, 2.45) is 5.92 Å². The van der Waals surface area contributed by atoms with Crippen molar-refractivity contribution < 1.29 is 14.7 Å². The minimum absolute atomic E-state index is 0.189. The highest BCUT2D eigenvalue weighted by Gasteiger charge is 2.23. The molecule has 0 spiro atoms. The zero-order valence-corrected chi connectivity index (χ0v) is 12.2. The first-order valence-corrected chi connectivity index (χ1v) is 6.95. The van der Waals surface area contributed by atoms with Crippen LogP contribution in [0.15, 0.2) is 5.38 Å². The Bertz CT molecular complexity index is 457. The lowest BCUT2D eigenvalue weighted by atomic mass is 10.1. The number of hydrogen-bond acceptors (Lipinski definition) is 4. The molecule has 1 heterocycles. The summed E-state index contributed by atoms with van der Waals surface area (Å²) in [7, 11) is 0. The highest BCUT2D eigenvalue weighted by molar-refractivity contribution is 7.13. The van der Waals surface area contributed by atoms with Crippen molar-refractivity contribution in [1.29, 1.82) is 0 Å². The van der Waals surface area contributed by atoms with Gasteiger partial charge in [0.25, 0.3) is 0 Å². The maximum Gasteiger partial charge on any atom is 0.326 e. The molecular formula is C12H19N3O3S. The van der Waals surface area contributed by atoms with Crippen LogP contribution in [0.3, 0.4) is 0 Å². The van der Waals surface area contributed by atoms with E-state index in [1.807, 2.05) is 19.2 Å². The van der Waals surface area contributed by atoms with E-state index in [0.29, 0.717) is 5.13 Å². The van der Waals surface area contributed by atoms with Gasteiger partial charge in [0, 0.05) is 5.38 Å². The van der Waals surface area contributed by atoms with E-state index in [9.17, 15) is 9.59 Å². The quantitative estimate of drug-likeness (QED) is 0.775. The summed E-state index contributed by atoms with van der Waals surface area (Å²) >= 11 is 1.32. The van der Waals surface area contributed by atoms with Gasteiger partial charge in [-0.15, -0.1) is 11.3 Å². The van der Waals surface area contributed by atoms with E-state index in [1.165, 1.54) is 11.3 Å². The molecule has 0 bridgehead atoms. The normalized spacial score (nSPS) is 12.5. The van der Waals surface area contributed by atoms with E-state index >= 15 is 0 Å². The molecule has 0 radical (unpaired) electrons. The standard InChI is InChI=1S/C12H19N3O3S/c1-6(2)8-5-19-12(13-8)15-11(18)14-9(7(3)4)10(16)17/h5-7,9H,1-4H3,(H,16,17)(H2,13,14,15,18)/t9-/m0/s1. The second-order valence-corrected chi connectivity index (χ2v) is 5.75. The predicted octanol–water partition coefficient (Wildman–Crippen LogP) is 2.50. The van der Waals surface area contributed by atoms with Crippen LogP contribution in [0.4, 0.5) is 9.93 Å². The smallest absolute Gasteiger partial charge is 0.326 e. The van der Waals surface area contributed by atoms with Crippen LogP contribution in [0.5, 0.6) is 0 Å². The third-order valence-corrected chi connectivity index (χ3v) is 3.33. The molecule has 1 aromatic rings. The van der Waals surface area contributed by atoms with Crippen LogP contribution in [0.2, 0.25) is 0 Å². The van der Waals surface area contributed by atoms with Gasteiger partial charge in [-0.05, 0) is 11.8 Å². The van der Waals surface area contributed by atoms with Gasteiger partial charge in [-0.1, -0.05) is 27.7 Å². The highest BCUT2D eigenvalue weighted by atomic mass is 32.1. The number of rotatable bonds is 5. The molecule has 0 fully saturated rings. The fraction of sp³-hybridized carbons (Fsp3) is 0.583. The number of aromatic nitrogens is 1. The van der Waals surface area contributed by atoms with Crippen molar-refractivity contribution in [3.8, 4) is 0 Å². The second-order valence-electron chi connectivity index (χ2n) is 4.89. The lowest BCUT2D eigenvalue weighted by molar-refractivity contribution is -0.140. The molecule has 0 unspecified atom stereocenters. The Morgan fingerprint density at radius 2 is 1.95 bits per heavy atom. The number of carboxylic acids is 1. The van der Waals surface area contributed by atoms with Crippen LogP contribution >= 0.6 is 11.3 Å². The van der Waals surface area contributed by atoms with Crippen molar-refractivity contribution >= 4 is 28.5 Å². The minimum Gasteiger partial charge on any atom is -0.480 e. The molecule has 106 valence electrons. The molecular weight excluding hydrogens is 266 g/mol. The fourth-order valence-corrected chi connectivity index (χ4v) is 2.26. The molecule has 2 amide bonds. The van der Waals surface area contributed by atoms with E-state index < -0.39 is 18.0 Å². The van der Waals surface area contributed by atoms with Gasteiger partial charge in [0.2, 0.25) is 0 Å². The predicted molar refractivity (Wildman–Crippen MR) is 74.6 cm³/mol. The zero-order valence-electron chi connectivity index (χ0n) is 11.4. The van der Waals surface area contributed by atoms with E-state index in [0.717, 1.165) is 5.69 Å². The maximum atomic E-state index is 11.7. The van der Waals surface area contributed by atoms with E-state index in [-0.39, 0.29) is 11.8 Å². The number of carbonyl (C=O) groups is 2. The maximum absolute atomic E-state index is 11.7. The van der Waals surface area contributed by atoms with Crippen LogP contribution in [0.1, 0.15) is 39.3 Å². The number of anilines is 1. The van der Waals surface area contributed by atoms with E-state index in [4.69, 9.17) is 5.11 Å². The monoisotopic (exact) mass is 285 g/mol. The number of carbonyl (C=O) groups excluding carboxylic acids is 1. The first kappa shape index (κ1) is 15.4. The van der Waals surface area contributed by atoms with Gasteiger partial charge < -0.3 is 10.4 Å². The van der Waals surface area contributed by atoms with Gasteiger partial charge in [0.05, 0.1) is 5.69 Å². The lowest BCUT2D eigenvalue weighted by Crippen LogP contribution is -2.46. The molecule has 6 nitrogen and oxygen atoms in total. The summed E-state index contributed by atoms with van der Waals surface area (Å²) in [6.07, 6.45) is 0. The van der Waals surface area contributed by atoms with Crippen molar-refractivity contribution in [3.05, 3.63) is 11.1 Å². The van der Waals surface area contributed by atoms with Crippen LogP contribution in [0, 0.1) is 5.92 Å². The van der Waals surface area contributed by atoms with Gasteiger partial charge in [-0.3, -0.25) is 5.32 Å². The molecule has 19 heavy (non-hydrogen) atoms. The third kappa shape index (κ3) is 4.51. The Balaban J connectivity index is 2.61. The van der Waals surface area contributed by atoms with Gasteiger partial charge >= 0.3 is 12.0 Å². The van der Waals surface area contributed by atoms with Crippen molar-refractivity contribution in [2.45, 2.75) is 39.7 Å². The second kappa shape index (κ2) is 6.51. The van der Waals surface area contributed by atoms with Gasteiger partial charge in [0.15, 0.2) is 5.13 Å². The molecule has 0 aliphatic carbocycles. The molecule has 0 saturated heterocycles. The minimum atomic E-state index is -1.05. The number of urea groups is 1. The van der Waals surface area contributed by atoms with Gasteiger partial charge in [-0.25, -0.2) is 14.6 Å². The SMILES string of the molecule is CC(C)c1csc(NC(=O)N[C@H](C(=O)O)C(C)C)n1. The topological polar surface area (TPSA) is 91.3 Å². The molecule has 0 aliphatic heterocycles. The number of aliphatic carboxylic acids is 1. The first-order chi connectivity index (χ1) is 8.81. The molecule has 1 aromatic heterocycles. The summed E-state index contributed by atoms with van der Waals surface area (Å²) in [6, 6.07) is -1.46. The molecule has 0 aliphatic rings. The summed E-state index contributed by atoms with van der Waals surface area (Å²) in [5.74, 6) is -0.949. The number of hydrogen-bond donors (Lipinski definition) is 3. The van der Waals surface area contributed by atoms with Crippen LogP contribution in [-0.2, 0) is 4.79 Å². The molecule has 1 rings (SSSR count). The van der Waals surface area contributed by atoms with Crippen LogP contribution < -0.4 is 10.6 Å². The average molecular weight is 285 g/mol. The molecule has 3 N–H and O–H groups in total. The Labute approximate surface area is 116 Å². The fourth-order valence-electron chi connectivity index (χ4n) is 1.40. The Kier molecular flexibility index (Phi) is 5.29. The summed E-state index contributed by atoms with van der Waals surface area (Å²) in [4.78, 5) is 26.9. The highest BCUT2D eigenvalue weighted by Crippen LogP contribution is 2.21. The Morgan fingerprint density at radius 3 is 2.37 bits per heavy atom. The molecule has 0 aromatic carbocycles. The molecule has 0 saturated carbocycles. The number of nitrogens with zero attached hydrogens (tertiary/aromatic N) is 1. The molecule has 1 atom stereocenters. The first-order valence-electron chi connectivity index (χ1n) is 6.07. The number of carboxylic acid groups (broad SMARTS) is 1. The van der Waals surface area contributed by atoms with E-state index in [2.05, 4.69) is 15.6 Å². The average Bonchev–Trinajstić information content (AvgIpc) is 2.73. The summed E-state index contributed by atoms with van der Waals surface area (Å²) in [5, 5.41) is 16.3. The van der Waals surface area contributed by atoms with Crippen LogP contribution in [0.25, 0.3) is 0 Å². The van der Waals surface area contributed by atoms with Crippen molar-refractivity contribution in [3.63, 3.8) is 0 Å². The summed E-state index contributed by atoms with van der Waals surface area (Å²) < 4.78 is 0. The lowest BCUT2D eigenvalue weighted by Gasteiger charge is -2.17. The van der Waals surface area contributed by atoms with Crippen molar-refractivity contribution in [2.75, 3.05) is 5.32 Å². The number of amides is 2. The summed E-state index contributed by atoms with van der Waals surface area (Å²) in [5.41, 5.74) is 0.902. The van der Waals surface area contributed by atoms with E-state index in [1.54, 1.807) is 13.8 Å². The Hall–Kier alpha value is -1.63. The number of nitrogens with one attached hydrogen (secondary N) is 2. The van der Waals surface area contributed by atoms with Gasteiger partial charge in [-0.2, -0.15) is 0 Å². The van der Waals surface area contributed by atoms with Crippen molar-refractivity contribution in [1.82, 2.24) is 10.3 Å². The van der Waals surface area contributed by atoms with Gasteiger partial charge in [0.1, 0.15) is 6.04 Å². The third-order valence-electron chi connectivity index (χ3n) is 2.55. The largest absolute Gasteiger partial charge is 0.480 e. The number of thiazole rings is 1. The van der Waals surface area contributed by atoms with Crippen LogP contribution in [-0.4, -0.2) is 28.1 Å². The molecule has 7 heteroatoms.